The molecule has 1 aliphatic rings. The number of methoxy groups -OCH3 is 1. The van der Waals surface area contributed by atoms with Crippen LogP contribution in [-0.4, -0.2) is 35.0 Å². The minimum atomic E-state index is -1.08. The van der Waals surface area contributed by atoms with Gasteiger partial charge in [-0.1, -0.05) is 25.1 Å². The van der Waals surface area contributed by atoms with Gasteiger partial charge < -0.3 is 19.2 Å². The van der Waals surface area contributed by atoms with Crippen LogP contribution in [0, 0.1) is 0 Å². The predicted molar refractivity (Wildman–Crippen MR) is 90.9 cm³/mol. The number of nitrogens with zero attached hydrogens (tertiary/aromatic N) is 1. The molecule has 3 rings (SSSR count). The average Bonchev–Trinajstić information content (AvgIpc) is 3.36. The lowest BCUT2D eigenvalue weighted by Gasteiger charge is -2.22. The van der Waals surface area contributed by atoms with E-state index < -0.39 is 5.97 Å². The van der Waals surface area contributed by atoms with E-state index in [0.717, 1.165) is 24.2 Å². The van der Waals surface area contributed by atoms with Crippen molar-refractivity contribution in [1.82, 2.24) is 4.90 Å². The van der Waals surface area contributed by atoms with Crippen molar-refractivity contribution in [1.29, 1.82) is 0 Å². The summed E-state index contributed by atoms with van der Waals surface area (Å²) in [5.41, 5.74) is 0.963. The number of carboxylic acid groups (broad SMARTS) is 1. The van der Waals surface area contributed by atoms with Gasteiger partial charge in [0.25, 0.3) is 5.91 Å². The molecule has 25 heavy (non-hydrogen) atoms. The Morgan fingerprint density at radius 1 is 1.32 bits per heavy atom. The van der Waals surface area contributed by atoms with Crippen molar-refractivity contribution in [3.8, 4) is 5.75 Å². The van der Waals surface area contributed by atoms with Crippen molar-refractivity contribution in [2.75, 3.05) is 7.11 Å². The number of hydrogen-bond donors (Lipinski definition) is 1. The minimum Gasteiger partial charge on any atom is -0.496 e. The molecular formula is C19H21NO5. The molecule has 0 unspecified atom stereocenters. The Bertz CT molecular complexity index is 791. The summed E-state index contributed by atoms with van der Waals surface area (Å²) in [7, 11) is 1.60. The number of ether oxygens (including phenoxy) is 1. The number of furan rings is 1. The topological polar surface area (TPSA) is 80.0 Å². The van der Waals surface area contributed by atoms with Crippen LogP contribution in [0.2, 0.25) is 0 Å². The molecule has 1 aliphatic carbocycles. The Labute approximate surface area is 146 Å². The number of aromatic carboxylic acids is 1. The molecule has 1 aromatic heterocycles. The predicted octanol–water partition coefficient (Wildman–Crippen LogP) is 3.35. The van der Waals surface area contributed by atoms with Gasteiger partial charge in [-0.2, -0.15) is 0 Å². The fraction of sp³-hybridized carbons (Fsp3) is 0.368. The molecule has 1 amide bonds. The molecule has 6 heteroatoms. The van der Waals surface area contributed by atoms with Crippen molar-refractivity contribution in [2.24, 2.45) is 0 Å². The Balaban J connectivity index is 1.88. The first kappa shape index (κ1) is 17.1. The normalized spacial score (nSPS) is 13.5. The Hall–Kier alpha value is -2.76. The van der Waals surface area contributed by atoms with Gasteiger partial charge in [0, 0.05) is 24.1 Å². The highest BCUT2D eigenvalue weighted by molar-refractivity contribution is 5.96. The van der Waals surface area contributed by atoms with Crippen LogP contribution in [-0.2, 0) is 13.0 Å². The highest BCUT2D eigenvalue weighted by atomic mass is 16.5. The standard InChI is InChI=1S/C19H21NO5/c1-3-15-14(19(22)23)10-17(25-15)18(21)20(13-8-9-13)11-12-6-4-5-7-16(12)24-2/h4-7,10,13H,3,8-9,11H2,1-2H3,(H,22,23). The van der Waals surface area contributed by atoms with Gasteiger partial charge in [0.1, 0.15) is 17.1 Å². The van der Waals surface area contributed by atoms with E-state index in [1.165, 1.54) is 6.07 Å². The lowest BCUT2D eigenvalue weighted by atomic mass is 10.1. The van der Waals surface area contributed by atoms with E-state index in [1.54, 1.807) is 18.9 Å². The number of para-hydroxylation sites is 1. The number of carboxylic acids is 1. The summed E-state index contributed by atoms with van der Waals surface area (Å²) >= 11 is 0. The molecule has 1 fully saturated rings. The summed E-state index contributed by atoms with van der Waals surface area (Å²) in [6.07, 6.45) is 2.30. The number of hydrogen-bond acceptors (Lipinski definition) is 4. The summed E-state index contributed by atoms with van der Waals surface area (Å²) in [6.45, 7) is 2.20. The van der Waals surface area contributed by atoms with Crippen LogP contribution in [0.5, 0.6) is 5.75 Å². The van der Waals surface area contributed by atoms with Gasteiger partial charge in [0.2, 0.25) is 0 Å². The van der Waals surface area contributed by atoms with Crippen LogP contribution < -0.4 is 4.74 Å². The third-order valence-electron chi connectivity index (χ3n) is 4.35. The quantitative estimate of drug-likeness (QED) is 0.834. The van der Waals surface area contributed by atoms with Crippen molar-refractivity contribution in [3.05, 3.63) is 53.0 Å². The Morgan fingerprint density at radius 3 is 2.60 bits per heavy atom. The second-order valence-corrected chi connectivity index (χ2v) is 6.08. The number of carbonyl (C=O) groups excluding carboxylic acids is 1. The highest BCUT2D eigenvalue weighted by Crippen LogP contribution is 2.32. The van der Waals surface area contributed by atoms with Crippen molar-refractivity contribution >= 4 is 11.9 Å². The Morgan fingerprint density at radius 2 is 2.04 bits per heavy atom. The first-order valence-corrected chi connectivity index (χ1v) is 8.34. The zero-order valence-corrected chi connectivity index (χ0v) is 14.3. The highest BCUT2D eigenvalue weighted by Gasteiger charge is 2.35. The molecule has 1 aromatic carbocycles. The lowest BCUT2D eigenvalue weighted by Crippen LogP contribution is -2.32. The van der Waals surface area contributed by atoms with E-state index in [4.69, 9.17) is 9.15 Å². The van der Waals surface area contributed by atoms with Gasteiger partial charge >= 0.3 is 5.97 Å². The molecule has 0 saturated heterocycles. The van der Waals surface area contributed by atoms with Crippen molar-refractivity contribution in [2.45, 2.75) is 38.8 Å². The average molecular weight is 343 g/mol. The maximum atomic E-state index is 12.9. The van der Waals surface area contributed by atoms with Gasteiger partial charge in [0.15, 0.2) is 5.76 Å². The van der Waals surface area contributed by atoms with Crippen LogP contribution in [0.1, 0.15) is 52.0 Å². The van der Waals surface area contributed by atoms with E-state index in [9.17, 15) is 14.7 Å². The smallest absolute Gasteiger partial charge is 0.339 e. The van der Waals surface area contributed by atoms with E-state index >= 15 is 0 Å². The summed E-state index contributed by atoms with van der Waals surface area (Å²) in [5.74, 6) is -0.237. The molecule has 2 aromatic rings. The molecule has 6 nitrogen and oxygen atoms in total. The molecule has 0 atom stereocenters. The molecule has 1 saturated carbocycles. The van der Waals surface area contributed by atoms with E-state index in [-0.39, 0.29) is 23.3 Å². The SMILES string of the molecule is CCc1oc(C(=O)N(Cc2ccccc2OC)C2CC2)cc1C(=O)O. The zero-order chi connectivity index (χ0) is 18.0. The zero-order valence-electron chi connectivity index (χ0n) is 14.3. The third-order valence-corrected chi connectivity index (χ3v) is 4.35. The van der Waals surface area contributed by atoms with Crippen LogP contribution in [0.4, 0.5) is 0 Å². The molecule has 0 radical (unpaired) electrons. The number of aryl methyl sites for hydroxylation is 1. The monoisotopic (exact) mass is 343 g/mol. The van der Waals surface area contributed by atoms with Crippen LogP contribution in [0.25, 0.3) is 0 Å². The van der Waals surface area contributed by atoms with Gasteiger partial charge in [-0.25, -0.2) is 4.79 Å². The second-order valence-electron chi connectivity index (χ2n) is 6.08. The first-order chi connectivity index (χ1) is 12.0. The largest absolute Gasteiger partial charge is 0.496 e. The summed E-state index contributed by atoms with van der Waals surface area (Å²) < 4.78 is 10.9. The second kappa shape index (κ2) is 7.01. The number of benzene rings is 1. The van der Waals surface area contributed by atoms with Gasteiger partial charge in [0.05, 0.1) is 13.7 Å². The third kappa shape index (κ3) is 3.52. The maximum absolute atomic E-state index is 12.9. The summed E-state index contributed by atoms with van der Waals surface area (Å²) in [5, 5.41) is 9.25. The van der Waals surface area contributed by atoms with Crippen LogP contribution in [0.3, 0.4) is 0 Å². The van der Waals surface area contributed by atoms with Crippen molar-refractivity contribution in [3.63, 3.8) is 0 Å². The number of carbonyl (C=O) groups is 2. The van der Waals surface area contributed by atoms with Crippen molar-refractivity contribution < 1.29 is 23.8 Å². The van der Waals surface area contributed by atoms with Gasteiger partial charge in [-0.05, 0) is 18.9 Å². The Kier molecular flexibility index (Phi) is 4.79. The summed E-state index contributed by atoms with van der Waals surface area (Å²) in [4.78, 5) is 26.0. The molecule has 0 spiro atoms. The van der Waals surface area contributed by atoms with Gasteiger partial charge in [-0.15, -0.1) is 0 Å². The molecule has 0 bridgehead atoms. The molecular weight excluding hydrogens is 322 g/mol. The lowest BCUT2D eigenvalue weighted by molar-refractivity contribution is 0.0684. The molecule has 132 valence electrons. The van der Waals surface area contributed by atoms with E-state index in [1.807, 2.05) is 24.3 Å². The summed E-state index contributed by atoms with van der Waals surface area (Å²) in [6, 6.07) is 9.05. The minimum absolute atomic E-state index is 0.0545. The molecule has 0 aliphatic heterocycles. The molecule has 1 N–H and O–H groups in total. The fourth-order valence-electron chi connectivity index (χ4n) is 2.89. The van der Waals surface area contributed by atoms with E-state index in [2.05, 4.69) is 0 Å². The number of amides is 1. The van der Waals surface area contributed by atoms with Gasteiger partial charge in [-0.3, -0.25) is 4.79 Å². The maximum Gasteiger partial charge on any atom is 0.339 e. The fourth-order valence-corrected chi connectivity index (χ4v) is 2.89. The first-order valence-electron chi connectivity index (χ1n) is 8.34. The molecule has 1 heterocycles. The van der Waals surface area contributed by atoms with E-state index in [0.29, 0.717) is 18.7 Å². The van der Waals surface area contributed by atoms with Crippen LogP contribution in [0.15, 0.2) is 34.7 Å². The number of rotatable bonds is 7. The van der Waals surface area contributed by atoms with Crippen LogP contribution >= 0.6 is 0 Å².